The van der Waals surface area contributed by atoms with Crippen LogP contribution in [0.4, 0.5) is 16.2 Å². The van der Waals surface area contributed by atoms with E-state index in [0.29, 0.717) is 45.2 Å². The minimum atomic E-state index is -4.33. The molecule has 0 atom stereocenters. The second kappa shape index (κ2) is 17.1. The molecule has 13 heteroatoms. The first-order valence-corrected chi connectivity index (χ1v) is 23.9. The lowest BCUT2D eigenvalue weighted by Gasteiger charge is -2.28. The van der Waals surface area contributed by atoms with Gasteiger partial charge >= 0.3 is 6.09 Å². The molecule has 0 saturated heterocycles. The lowest BCUT2D eigenvalue weighted by Crippen LogP contribution is -2.34. The fourth-order valence-electron chi connectivity index (χ4n) is 9.01. The van der Waals surface area contributed by atoms with Crippen LogP contribution in [0.3, 0.4) is 0 Å². The smallest absolute Gasteiger partial charge is 0.414 e. The number of carbonyl (C=O) groups is 1. The first-order valence-electron chi connectivity index (χ1n) is 20.7. The number of ether oxygens (including phenoxy) is 1. The Kier molecular flexibility index (Phi) is 12.8. The van der Waals surface area contributed by atoms with Crippen molar-refractivity contribution in [3.63, 3.8) is 0 Å². The third-order valence-electron chi connectivity index (χ3n) is 11.8. The number of anilines is 1. The molecule has 0 fully saturated rings. The van der Waals surface area contributed by atoms with Gasteiger partial charge in [-0.3, -0.25) is 9.45 Å². The second-order valence-electron chi connectivity index (χ2n) is 18.1. The van der Waals surface area contributed by atoms with Gasteiger partial charge in [-0.15, -0.1) is 0 Å². The molecular formula is C47H59N3O8S2. The van der Waals surface area contributed by atoms with Gasteiger partial charge in [-0.1, -0.05) is 68.5 Å². The monoisotopic (exact) mass is 857 g/mol. The van der Waals surface area contributed by atoms with Gasteiger partial charge in [0.2, 0.25) is 5.69 Å². The van der Waals surface area contributed by atoms with E-state index in [0.717, 1.165) is 56.0 Å². The lowest BCUT2D eigenvalue weighted by molar-refractivity contribution is -0.438. The van der Waals surface area contributed by atoms with Crippen molar-refractivity contribution in [1.29, 1.82) is 0 Å². The van der Waals surface area contributed by atoms with E-state index in [-0.39, 0.29) is 17.6 Å². The molecule has 6 rings (SSSR count). The molecule has 11 nitrogen and oxygen atoms in total. The summed E-state index contributed by atoms with van der Waals surface area (Å²) in [7, 11) is -6.65. The normalized spacial score (nSPS) is 19.0. The molecule has 3 aromatic rings. The Bertz CT molecular complexity index is 2560. The van der Waals surface area contributed by atoms with Gasteiger partial charge < -0.3 is 14.2 Å². The largest absolute Gasteiger partial charge is 0.748 e. The molecule has 1 N–H and O–H groups in total. The van der Waals surface area contributed by atoms with E-state index < -0.39 is 43.1 Å². The predicted molar refractivity (Wildman–Crippen MR) is 239 cm³/mol. The molecule has 0 bridgehead atoms. The number of benzene rings is 3. The SMILES string of the molecule is CN(C(=O)OC(C)(C)C)C1=C(/C=C/C2=[N+](CCCCS(=O)(=O)[O-])c3ccc4ccccc4c3C2(C)C)CC/C1=C\C=C1\N(CCCCS(=O)(=O)O)c2ccccc2C1(C)C. The van der Waals surface area contributed by atoms with Crippen LogP contribution < -0.4 is 4.90 Å². The number of unbranched alkanes of at least 4 members (excludes halogenated alkanes) is 2. The summed E-state index contributed by atoms with van der Waals surface area (Å²) >= 11 is 0. The molecule has 1 amide bonds. The lowest BCUT2D eigenvalue weighted by atomic mass is 9.79. The number of rotatable bonds is 14. The van der Waals surface area contributed by atoms with Crippen molar-refractivity contribution < 1.29 is 40.0 Å². The van der Waals surface area contributed by atoms with Crippen molar-refractivity contribution >= 4 is 54.2 Å². The summed E-state index contributed by atoms with van der Waals surface area (Å²) in [5, 5.41) is 2.27. The molecule has 1 aliphatic carbocycles. The van der Waals surface area contributed by atoms with Gasteiger partial charge in [-0.25, -0.2) is 13.2 Å². The summed E-state index contributed by atoms with van der Waals surface area (Å²) in [6, 6.07) is 20.7. The van der Waals surface area contributed by atoms with Crippen molar-refractivity contribution in [2.75, 3.05) is 36.5 Å². The zero-order valence-electron chi connectivity index (χ0n) is 36.1. The quantitative estimate of drug-likeness (QED) is 0.0952. The number of amides is 1. The number of likely N-dealkylation sites (N-methyl/N-ethyl adjacent to an activating group) is 1. The van der Waals surface area contributed by atoms with Gasteiger partial charge in [0.25, 0.3) is 10.1 Å². The average molecular weight is 858 g/mol. The summed E-state index contributed by atoms with van der Waals surface area (Å²) in [4.78, 5) is 17.6. The summed E-state index contributed by atoms with van der Waals surface area (Å²) in [6.07, 6.45) is 11.0. The summed E-state index contributed by atoms with van der Waals surface area (Å²) < 4.78 is 74.8. The van der Waals surface area contributed by atoms with E-state index in [1.807, 2.05) is 45.0 Å². The molecule has 3 aliphatic rings. The topological polar surface area (TPSA) is 147 Å². The highest BCUT2D eigenvalue weighted by Crippen LogP contribution is 2.48. The Morgan fingerprint density at radius 1 is 0.883 bits per heavy atom. The Balaban J connectivity index is 1.43. The van der Waals surface area contributed by atoms with Crippen molar-refractivity contribution in [1.82, 2.24) is 4.90 Å². The number of nitrogens with zero attached hydrogens (tertiary/aromatic N) is 3. The van der Waals surface area contributed by atoms with Gasteiger partial charge in [0.15, 0.2) is 5.71 Å². The van der Waals surface area contributed by atoms with Crippen LogP contribution in [-0.4, -0.2) is 84.5 Å². The zero-order chi connectivity index (χ0) is 43.8. The fraction of sp³-hybridized carbons (Fsp3) is 0.447. The molecule has 0 unspecified atom stereocenters. The summed E-state index contributed by atoms with van der Waals surface area (Å²) in [6.45, 7) is 15.4. The van der Waals surface area contributed by atoms with Crippen molar-refractivity contribution in [2.24, 2.45) is 0 Å². The van der Waals surface area contributed by atoms with Crippen LogP contribution in [0.25, 0.3) is 10.8 Å². The molecule has 2 heterocycles. The van der Waals surface area contributed by atoms with Gasteiger partial charge in [0.1, 0.15) is 12.1 Å². The van der Waals surface area contributed by atoms with Crippen molar-refractivity contribution in [3.05, 3.63) is 119 Å². The van der Waals surface area contributed by atoms with E-state index in [1.54, 1.807) is 11.9 Å². The van der Waals surface area contributed by atoms with Gasteiger partial charge in [-0.2, -0.15) is 13.0 Å². The number of fused-ring (bicyclic) bond motifs is 4. The van der Waals surface area contributed by atoms with Gasteiger partial charge in [0, 0.05) is 60.3 Å². The first kappa shape index (κ1) is 45.0. The Morgan fingerprint density at radius 2 is 1.57 bits per heavy atom. The van der Waals surface area contributed by atoms with Crippen LogP contribution in [0.1, 0.15) is 98.1 Å². The van der Waals surface area contributed by atoms with Crippen LogP contribution in [0, 0.1) is 0 Å². The number of para-hydroxylation sites is 1. The van der Waals surface area contributed by atoms with E-state index in [1.165, 1.54) is 5.56 Å². The second-order valence-corrected chi connectivity index (χ2v) is 21.2. The molecule has 0 spiro atoms. The molecule has 322 valence electrons. The molecule has 0 aromatic heterocycles. The van der Waals surface area contributed by atoms with Crippen molar-refractivity contribution in [3.8, 4) is 0 Å². The highest BCUT2D eigenvalue weighted by molar-refractivity contribution is 7.85. The van der Waals surface area contributed by atoms with Crippen LogP contribution in [-0.2, 0) is 35.8 Å². The highest BCUT2D eigenvalue weighted by atomic mass is 32.2. The minimum Gasteiger partial charge on any atom is -0.748 e. The maximum atomic E-state index is 13.8. The third kappa shape index (κ3) is 9.80. The number of allylic oxidation sites excluding steroid dienone is 7. The maximum Gasteiger partial charge on any atom is 0.414 e. The first-order chi connectivity index (χ1) is 28.0. The molecule has 0 radical (unpaired) electrons. The van der Waals surface area contributed by atoms with Gasteiger partial charge in [-0.05, 0) is 112 Å². The zero-order valence-corrected chi connectivity index (χ0v) is 37.8. The predicted octanol–water partition coefficient (Wildman–Crippen LogP) is 9.29. The molecule has 60 heavy (non-hydrogen) atoms. The highest BCUT2D eigenvalue weighted by Gasteiger charge is 2.46. The van der Waals surface area contributed by atoms with Gasteiger partial charge in [0.05, 0.1) is 27.0 Å². The molecule has 2 aliphatic heterocycles. The van der Waals surface area contributed by atoms with E-state index in [9.17, 15) is 30.7 Å². The minimum absolute atomic E-state index is 0.256. The molecule has 3 aromatic carbocycles. The van der Waals surface area contributed by atoms with E-state index >= 15 is 0 Å². The number of carbonyl (C=O) groups excluding carboxylic acids is 1. The summed E-state index contributed by atoms with van der Waals surface area (Å²) in [5.74, 6) is -0.702. The van der Waals surface area contributed by atoms with Crippen LogP contribution in [0.15, 0.2) is 108 Å². The van der Waals surface area contributed by atoms with Crippen LogP contribution >= 0.6 is 0 Å². The average Bonchev–Trinajstić information content (AvgIpc) is 3.72. The Hall–Kier alpha value is -4.56. The number of hydrogen-bond donors (Lipinski definition) is 1. The Morgan fingerprint density at radius 3 is 2.27 bits per heavy atom. The maximum absolute atomic E-state index is 13.8. The van der Waals surface area contributed by atoms with Crippen LogP contribution in [0.2, 0.25) is 0 Å². The van der Waals surface area contributed by atoms with Crippen LogP contribution in [0.5, 0.6) is 0 Å². The standard InChI is InChI=1S/C47H59N3O8S2/c1-45(2,3)58-44(51)48(8)43-34(24-27-40-46(4,5)37-19-11-12-20-38(37)49(40)29-13-15-31-59(52,53)54)21-22-35(43)25-28-41-47(6,7)42-36-18-10-9-17-33(36)23-26-39(42)50(41)30-14-16-32-60(55,56)57/h9-12,17-20,23-28H,13-16,21-22,29-32H2,1-8H3,(H-,52,53,54,55,56,57). The Labute approximate surface area is 356 Å². The fourth-order valence-corrected chi connectivity index (χ4v) is 10.1. The third-order valence-corrected chi connectivity index (χ3v) is 13.4. The number of hydrogen-bond acceptors (Lipinski definition) is 8. The van der Waals surface area contributed by atoms with E-state index in [2.05, 4.69) is 97.9 Å². The van der Waals surface area contributed by atoms with Crippen molar-refractivity contribution in [2.45, 2.75) is 103 Å². The molecular weight excluding hydrogens is 799 g/mol. The molecule has 0 saturated carbocycles. The van der Waals surface area contributed by atoms with E-state index in [4.69, 9.17) is 4.74 Å². The summed E-state index contributed by atoms with van der Waals surface area (Å²) in [5.41, 5.74) is 7.67.